The van der Waals surface area contributed by atoms with E-state index in [0.717, 1.165) is 0 Å². The van der Waals surface area contributed by atoms with E-state index in [0.29, 0.717) is 0 Å². The van der Waals surface area contributed by atoms with Crippen molar-refractivity contribution in [1.82, 2.24) is 0 Å². The van der Waals surface area contributed by atoms with Gasteiger partial charge in [-0.1, -0.05) is 0 Å². The molecule has 144 valence electrons. The van der Waals surface area contributed by atoms with Crippen molar-refractivity contribution in [3.63, 3.8) is 0 Å². The Morgan fingerprint density at radius 1 is 0.500 bits per heavy atom. The van der Waals surface area contributed by atoms with Crippen LogP contribution in [0.2, 0.25) is 0 Å². The molecule has 0 aromatic heterocycles. The summed E-state index contributed by atoms with van der Waals surface area (Å²) in [6.45, 7) is 0. The summed E-state index contributed by atoms with van der Waals surface area (Å²) in [4.78, 5) is 52.4. The standard InChI is InChI=1S/C6H15O15P3/c7-1-2(8)5(20-23(13,14)15)6(21-24(16,17)18)3(9)4(1)19-22(10,11)12/h1-9H,(H2,10,11,12)(H2,13,14,15)(H2,16,17,18)/t1-,2-,3-,4+,5+,6+/m1/s1. The molecule has 0 bridgehead atoms. The quantitative estimate of drug-likeness (QED) is 0.189. The molecular formula is C6H15O15P3. The zero-order valence-corrected chi connectivity index (χ0v) is 14.0. The summed E-state index contributed by atoms with van der Waals surface area (Å²) in [6, 6.07) is 0. The Kier molecular flexibility index (Phi) is 6.90. The summed E-state index contributed by atoms with van der Waals surface area (Å²) in [5.74, 6) is 0. The van der Waals surface area contributed by atoms with Gasteiger partial charge in [0.25, 0.3) is 0 Å². The zero-order valence-electron chi connectivity index (χ0n) is 11.3. The van der Waals surface area contributed by atoms with Crippen molar-refractivity contribution in [2.24, 2.45) is 0 Å². The van der Waals surface area contributed by atoms with Gasteiger partial charge in [-0.05, 0) is 0 Å². The number of phosphoric acid groups is 3. The number of rotatable bonds is 6. The topological polar surface area (TPSA) is 261 Å². The average Bonchev–Trinajstić information content (AvgIpc) is 2.32. The molecule has 0 aliphatic heterocycles. The first-order chi connectivity index (χ1) is 10.5. The third-order valence-corrected chi connectivity index (χ3v) is 4.35. The minimum atomic E-state index is -5.43. The monoisotopic (exact) mass is 420 g/mol. The minimum absolute atomic E-state index is 2.32. The van der Waals surface area contributed by atoms with Gasteiger partial charge in [-0.2, -0.15) is 0 Å². The van der Waals surface area contributed by atoms with Gasteiger partial charge in [0.05, 0.1) is 0 Å². The van der Waals surface area contributed by atoms with E-state index in [2.05, 4.69) is 13.6 Å². The van der Waals surface area contributed by atoms with E-state index in [1.165, 1.54) is 0 Å². The van der Waals surface area contributed by atoms with Gasteiger partial charge < -0.3 is 44.7 Å². The van der Waals surface area contributed by atoms with Crippen LogP contribution in [-0.2, 0) is 27.3 Å². The van der Waals surface area contributed by atoms with E-state index >= 15 is 0 Å². The fourth-order valence-electron chi connectivity index (χ4n) is 2.01. The highest BCUT2D eigenvalue weighted by atomic mass is 31.2. The Hall–Kier alpha value is 0.210. The summed E-state index contributed by atoms with van der Waals surface area (Å²) >= 11 is 0. The first kappa shape index (κ1) is 22.3. The first-order valence-corrected chi connectivity index (χ1v) is 10.4. The maximum atomic E-state index is 10.9. The normalized spacial score (nSPS) is 35.9. The highest BCUT2D eigenvalue weighted by molar-refractivity contribution is 7.46. The van der Waals surface area contributed by atoms with E-state index in [1.807, 2.05) is 0 Å². The van der Waals surface area contributed by atoms with E-state index in [1.54, 1.807) is 0 Å². The van der Waals surface area contributed by atoms with Crippen molar-refractivity contribution < 1.29 is 71.9 Å². The smallest absolute Gasteiger partial charge is 0.387 e. The molecule has 0 amide bonds. The highest BCUT2D eigenvalue weighted by Gasteiger charge is 2.56. The number of hydrogen-bond acceptors (Lipinski definition) is 9. The van der Waals surface area contributed by atoms with E-state index in [9.17, 15) is 29.0 Å². The molecule has 18 heteroatoms. The number of aliphatic hydroxyl groups is 3. The van der Waals surface area contributed by atoms with Gasteiger partial charge in [0.1, 0.15) is 36.6 Å². The summed E-state index contributed by atoms with van der Waals surface area (Å²) in [5, 5.41) is 29.3. The molecule has 6 atom stereocenters. The Balaban J connectivity index is 3.23. The largest absolute Gasteiger partial charge is 0.470 e. The molecule has 0 aromatic rings. The van der Waals surface area contributed by atoms with Crippen molar-refractivity contribution in [2.75, 3.05) is 0 Å². The van der Waals surface area contributed by atoms with E-state index in [4.69, 9.17) is 29.4 Å². The van der Waals surface area contributed by atoms with Crippen LogP contribution in [0.3, 0.4) is 0 Å². The van der Waals surface area contributed by atoms with Gasteiger partial charge in [0.2, 0.25) is 0 Å². The Bertz CT molecular complexity index is 574. The van der Waals surface area contributed by atoms with E-state index in [-0.39, 0.29) is 0 Å². The molecule has 15 nitrogen and oxygen atoms in total. The van der Waals surface area contributed by atoms with Crippen molar-refractivity contribution in [3.8, 4) is 0 Å². The molecule has 1 fully saturated rings. The second kappa shape index (κ2) is 7.45. The van der Waals surface area contributed by atoms with Gasteiger partial charge in [-0.3, -0.25) is 13.6 Å². The Morgan fingerprint density at radius 2 is 0.750 bits per heavy atom. The fraction of sp³-hybridized carbons (Fsp3) is 1.00. The van der Waals surface area contributed by atoms with Crippen LogP contribution in [0.25, 0.3) is 0 Å². The van der Waals surface area contributed by atoms with Crippen molar-refractivity contribution in [2.45, 2.75) is 36.6 Å². The van der Waals surface area contributed by atoms with Crippen molar-refractivity contribution in [1.29, 1.82) is 0 Å². The Labute approximate surface area is 133 Å². The minimum Gasteiger partial charge on any atom is -0.387 e. The van der Waals surface area contributed by atoms with Crippen LogP contribution in [0.15, 0.2) is 0 Å². The number of aliphatic hydroxyl groups excluding tert-OH is 3. The second-order valence-corrected chi connectivity index (χ2v) is 8.23. The molecule has 0 radical (unpaired) electrons. The lowest BCUT2D eigenvalue weighted by molar-refractivity contribution is -0.212. The number of hydrogen-bond donors (Lipinski definition) is 9. The van der Waals surface area contributed by atoms with Gasteiger partial charge >= 0.3 is 23.5 Å². The maximum absolute atomic E-state index is 10.9. The predicted octanol–water partition coefficient (Wildman–Crippen LogP) is -3.48. The lowest BCUT2D eigenvalue weighted by atomic mass is 9.85. The van der Waals surface area contributed by atoms with Gasteiger partial charge in [0, 0.05) is 0 Å². The molecular weight excluding hydrogens is 405 g/mol. The summed E-state index contributed by atoms with van der Waals surface area (Å²) in [6.07, 6.45) is -14.3. The highest BCUT2D eigenvalue weighted by Crippen LogP contribution is 2.49. The molecule has 0 unspecified atom stereocenters. The molecule has 1 saturated carbocycles. The molecule has 1 rings (SSSR count). The zero-order chi connectivity index (χ0) is 19.1. The van der Waals surface area contributed by atoms with Crippen molar-refractivity contribution in [3.05, 3.63) is 0 Å². The Morgan fingerprint density at radius 3 is 1.08 bits per heavy atom. The third-order valence-electron chi connectivity index (χ3n) is 2.80. The SMILES string of the molecule is O=P(O)(O)O[C@H]1[C@H](O)[C@@H](O)[C@H](OP(=O)(O)O)[C@@H](OP(=O)(O)O)[C@@H]1O. The average molecular weight is 420 g/mol. The van der Waals surface area contributed by atoms with Crippen LogP contribution < -0.4 is 0 Å². The third kappa shape index (κ3) is 6.50. The van der Waals surface area contributed by atoms with Crippen LogP contribution in [-0.4, -0.2) is 81.3 Å². The summed E-state index contributed by atoms with van der Waals surface area (Å²) in [7, 11) is -16.2. The van der Waals surface area contributed by atoms with Gasteiger partial charge in [-0.15, -0.1) is 0 Å². The lowest BCUT2D eigenvalue weighted by Crippen LogP contribution is -2.65. The molecule has 0 saturated heterocycles. The number of phosphoric ester groups is 3. The summed E-state index contributed by atoms with van der Waals surface area (Å²) in [5.41, 5.74) is 0. The first-order valence-electron chi connectivity index (χ1n) is 5.78. The van der Waals surface area contributed by atoms with Gasteiger partial charge in [0.15, 0.2) is 0 Å². The predicted molar refractivity (Wildman–Crippen MR) is 68.8 cm³/mol. The van der Waals surface area contributed by atoms with Crippen LogP contribution in [0.5, 0.6) is 0 Å². The molecule has 0 aromatic carbocycles. The molecule has 1 aliphatic rings. The van der Waals surface area contributed by atoms with Crippen LogP contribution >= 0.6 is 23.5 Å². The molecule has 1 aliphatic carbocycles. The molecule has 24 heavy (non-hydrogen) atoms. The lowest BCUT2D eigenvalue weighted by Gasteiger charge is -2.44. The fourth-order valence-corrected chi connectivity index (χ4v) is 3.70. The second-order valence-electron chi connectivity index (χ2n) is 4.65. The van der Waals surface area contributed by atoms with Crippen LogP contribution in [0.4, 0.5) is 0 Å². The maximum Gasteiger partial charge on any atom is 0.470 e. The van der Waals surface area contributed by atoms with Crippen LogP contribution in [0, 0.1) is 0 Å². The molecule has 9 N–H and O–H groups in total. The van der Waals surface area contributed by atoms with E-state index < -0.39 is 60.1 Å². The molecule has 0 spiro atoms. The van der Waals surface area contributed by atoms with Crippen molar-refractivity contribution >= 4 is 23.5 Å². The summed E-state index contributed by atoms with van der Waals surface area (Å²) < 4.78 is 44.7. The van der Waals surface area contributed by atoms with Crippen LogP contribution in [0.1, 0.15) is 0 Å². The molecule has 0 heterocycles. The van der Waals surface area contributed by atoms with Gasteiger partial charge in [-0.25, -0.2) is 13.7 Å².